The lowest BCUT2D eigenvalue weighted by atomic mass is 9.56. The van der Waals surface area contributed by atoms with E-state index in [0.717, 1.165) is 18.9 Å². The molecule has 1 aromatic heterocycles. The predicted molar refractivity (Wildman–Crippen MR) is 85.3 cm³/mol. The second-order valence-electron chi connectivity index (χ2n) is 6.06. The van der Waals surface area contributed by atoms with Crippen LogP contribution in [0.2, 0.25) is 0 Å². The summed E-state index contributed by atoms with van der Waals surface area (Å²) in [6, 6.07) is 4.57. The maximum atomic E-state index is 5.65. The minimum Gasteiger partial charge on any atom is -0.378 e. The lowest BCUT2D eigenvalue weighted by Gasteiger charge is -2.59. The molecule has 4 nitrogen and oxygen atoms in total. The first-order chi connectivity index (χ1) is 9.43. The zero-order valence-electron chi connectivity index (χ0n) is 13.0. The van der Waals surface area contributed by atoms with Crippen molar-refractivity contribution in [3.8, 4) is 0 Å². The first-order valence-electron chi connectivity index (χ1n) is 6.97. The van der Waals surface area contributed by atoms with Gasteiger partial charge in [0.2, 0.25) is 0 Å². The summed E-state index contributed by atoms with van der Waals surface area (Å²) >= 11 is 1.75. The lowest BCUT2D eigenvalue weighted by molar-refractivity contribution is -0.176. The highest BCUT2D eigenvalue weighted by Crippen LogP contribution is 2.51. The monoisotopic (exact) mass is 295 g/mol. The van der Waals surface area contributed by atoms with Crippen molar-refractivity contribution in [2.45, 2.75) is 45.4 Å². The fraction of sp³-hybridized carbons (Fsp3) is 0.667. The Hall–Kier alpha value is -1.07. The highest BCUT2D eigenvalue weighted by Gasteiger charge is 2.57. The molecular weight excluding hydrogens is 270 g/mol. The SMILES string of the molecule is CN=C(NCc1cccs1)NC1CC(C)(OC)C1(C)C. The fourth-order valence-electron chi connectivity index (χ4n) is 2.67. The Bertz CT molecular complexity index is 469. The minimum atomic E-state index is -0.0583. The van der Waals surface area contributed by atoms with E-state index >= 15 is 0 Å². The molecular formula is C15H25N3OS. The van der Waals surface area contributed by atoms with E-state index in [0.29, 0.717) is 6.04 Å². The van der Waals surface area contributed by atoms with Crippen molar-refractivity contribution in [2.24, 2.45) is 10.4 Å². The maximum Gasteiger partial charge on any atom is 0.191 e. The predicted octanol–water partition coefficient (Wildman–Crippen LogP) is 2.62. The number of rotatable bonds is 4. The third-order valence-electron chi connectivity index (χ3n) is 4.82. The first-order valence-corrected chi connectivity index (χ1v) is 7.85. The lowest BCUT2D eigenvalue weighted by Crippen LogP contribution is -2.69. The van der Waals surface area contributed by atoms with E-state index in [1.807, 2.05) is 7.05 Å². The molecule has 112 valence electrons. The molecule has 2 rings (SSSR count). The van der Waals surface area contributed by atoms with Gasteiger partial charge in [0.25, 0.3) is 0 Å². The molecule has 2 unspecified atom stereocenters. The number of nitrogens with zero attached hydrogens (tertiary/aromatic N) is 1. The Labute approximate surface area is 125 Å². The molecule has 1 fully saturated rings. The van der Waals surface area contributed by atoms with Crippen LogP contribution in [0.25, 0.3) is 0 Å². The average Bonchev–Trinajstić information content (AvgIpc) is 2.95. The average molecular weight is 295 g/mol. The Morgan fingerprint density at radius 1 is 1.50 bits per heavy atom. The van der Waals surface area contributed by atoms with E-state index in [9.17, 15) is 0 Å². The molecule has 1 aliphatic carbocycles. The highest BCUT2D eigenvalue weighted by atomic mass is 32.1. The molecule has 0 bridgehead atoms. The van der Waals surface area contributed by atoms with Gasteiger partial charge in [-0.2, -0.15) is 0 Å². The summed E-state index contributed by atoms with van der Waals surface area (Å²) in [5.41, 5.74) is 0.0274. The van der Waals surface area contributed by atoms with Crippen LogP contribution in [0.3, 0.4) is 0 Å². The molecule has 2 N–H and O–H groups in total. The van der Waals surface area contributed by atoms with Crippen LogP contribution in [0.15, 0.2) is 22.5 Å². The van der Waals surface area contributed by atoms with Gasteiger partial charge in [-0.1, -0.05) is 19.9 Å². The summed E-state index contributed by atoms with van der Waals surface area (Å²) in [6.07, 6.45) is 0.996. The van der Waals surface area contributed by atoms with E-state index < -0.39 is 0 Å². The van der Waals surface area contributed by atoms with Crippen LogP contribution in [0.5, 0.6) is 0 Å². The Morgan fingerprint density at radius 2 is 2.25 bits per heavy atom. The number of guanidine groups is 1. The second-order valence-corrected chi connectivity index (χ2v) is 7.10. The van der Waals surface area contributed by atoms with Crippen molar-refractivity contribution in [1.82, 2.24) is 10.6 Å². The van der Waals surface area contributed by atoms with E-state index in [4.69, 9.17) is 4.74 Å². The van der Waals surface area contributed by atoms with Crippen molar-refractivity contribution in [3.63, 3.8) is 0 Å². The molecule has 5 heteroatoms. The molecule has 20 heavy (non-hydrogen) atoms. The van der Waals surface area contributed by atoms with Crippen LogP contribution < -0.4 is 10.6 Å². The number of thiophene rings is 1. The summed E-state index contributed by atoms with van der Waals surface area (Å²) in [4.78, 5) is 5.61. The van der Waals surface area contributed by atoms with Crippen molar-refractivity contribution in [3.05, 3.63) is 22.4 Å². The number of ether oxygens (including phenoxy) is 1. The molecule has 0 saturated heterocycles. The highest BCUT2D eigenvalue weighted by molar-refractivity contribution is 7.09. The van der Waals surface area contributed by atoms with Gasteiger partial charge in [0.15, 0.2) is 5.96 Å². The van der Waals surface area contributed by atoms with Crippen molar-refractivity contribution in [2.75, 3.05) is 14.2 Å². The number of hydrogen-bond acceptors (Lipinski definition) is 3. The summed E-state index contributed by atoms with van der Waals surface area (Å²) in [5.74, 6) is 0.856. The smallest absolute Gasteiger partial charge is 0.191 e. The van der Waals surface area contributed by atoms with Gasteiger partial charge in [-0.15, -0.1) is 11.3 Å². The molecule has 1 aliphatic rings. The molecule has 1 aromatic rings. The van der Waals surface area contributed by atoms with E-state index in [-0.39, 0.29) is 11.0 Å². The molecule has 1 saturated carbocycles. The number of methoxy groups -OCH3 is 1. The van der Waals surface area contributed by atoms with Crippen LogP contribution >= 0.6 is 11.3 Å². The molecule has 1 heterocycles. The van der Waals surface area contributed by atoms with Gasteiger partial charge >= 0.3 is 0 Å². The first kappa shape index (κ1) is 15.3. The quantitative estimate of drug-likeness (QED) is 0.663. The van der Waals surface area contributed by atoms with Crippen molar-refractivity contribution >= 4 is 17.3 Å². The van der Waals surface area contributed by atoms with E-state index in [2.05, 4.69) is 53.9 Å². The molecule has 0 aliphatic heterocycles. The number of aliphatic imine (C=N–C) groups is 1. The minimum absolute atomic E-state index is 0.0583. The zero-order valence-corrected chi connectivity index (χ0v) is 13.8. The van der Waals surface area contributed by atoms with E-state index in [1.165, 1.54) is 4.88 Å². The molecule has 0 radical (unpaired) electrons. The normalized spacial score (nSPS) is 28.9. The number of hydrogen-bond donors (Lipinski definition) is 2. The van der Waals surface area contributed by atoms with Gasteiger partial charge in [0.05, 0.1) is 12.1 Å². The van der Waals surface area contributed by atoms with Gasteiger partial charge in [0, 0.05) is 30.5 Å². The van der Waals surface area contributed by atoms with Gasteiger partial charge in [-0.25, -0.2) is 0 Å². The van der Waals surface area contributed by atoms with Crippen LogP contribution in [0, 0.1) is 5.41 Å². The Morgan fingerprint density at radius 3 is 2.75 bits per heavy atom. The molecule has 2 atom stereocenters. The third kappa shape index (κ3) is 2.69. The summed E-state index contributed by atoms with van der Waals surface area (Å²) in [5, 5.41) is 8.96. The fourth-order valence-corrected chi connectivity index (χ4v) is 3.31. The Kier molecular flexibility index (Phi) is 4.39. The molecule has 0 spiro atoms. The van der Waals surface area contributed by atoms with Gasteiger partial charge in [0.1, 0.15) is 0 Å². The zero-order chi connectivity index (χ0) is 14.8. The summed E-state index contributed by atoms with van der Waals surface area (Å²) < 4.78 is 5.65. The topological polar surface area (TPSA) is 45.7 Å². The third-order valence-corrected chi connectivity index (χ3v) is 5.70. The van der Waals surface area contributed by atoms with Crippen LogP contribution in [-0.4, -0.2) is 31.8 Å². The van der Waals surface area contributed by atoms with Gasteiger partial charge < -0.3 is 15.4 Å². The van der Waals surface area contributed by atoms with Gasteiger partial charge in [-0.3, -0.25) is 4.99 Å². The summed E-state index contributed by atoms with van der Waals surface area (Å²) in [6.45, 7) is 7.47. The van der Waals surface area contributed by atoms with Crippen LogP contribution in [0.4, 0.5) is 0 Å². The van der Waals surface area contributed by atoms with Crippen molar-refractivity contribution in [1.29, 1.82) is 0 Å². The summed E-state index contributed by atoms with van der Waals surface area (Å²) in [7, 11) is 3.60. The molecule has 0 aromatic carbocycles. The second kappa shape index (κ2) is 5.74. The largest absolute Gasteiger partial charge is 0.378 e. The van der Waals surface area contributed by atoms with Crippen LogP contribution in [0.1, 0.15) is 32.1 Å². The van der Waals surface area contributed by atoms with E-state index in [1.54, 1.807) is 18.4 Å². The van der Waals surface area contributed by atoms with Gasteiger partial charge in [-0.05, 0) is 24.8 Å². The van der Waals surface area contributed by atoms with Crippen molar-refractivity contribution < 1.29 is 4.74 Å². The molecule has 0 amide bonds. The Balaban J connectivity index is 1.89. The standard InChI is InChI=1S/C15H25N3OS/c1-14(2)12(9-15(14,3)19-5)18-13(16-4)17-10-11-7-6-8-20-11/h6-8,12H,9-10H2,1-5H3,(H2,16,17,18). The van der Waals surface area contributed by atoms with Crippen LogP contribution in [-0.2, 0) is 11.3 Å². The number of nitrogens with one attached hydrogen (secondary N) is 2. The maximum absolute atomic E-state index is 5.65.